The summed E-state index contributed by atoms with van der Waals surface area (Å²) >= 11 is 3.52. The molecule has 4 nitrogen and oxygen atoms in total. The van der Waals surface area contributed by atoms with E-state index in [0.717, 1.165) is 27.1 Å². The van der Waals surface area contributed by atoms with Crippen LogP contribution in [0.4, 0.5) is 27.5 Å². The lowest BCUT2D eigenvalue weighted by Gasteiger charge is -2.11. The Hall–Kier alpha value is -2.47. The molecule has 0 unspecified atom stereocenters. The van der Waals surface area contributed by atoms with Crippen LogP contribution in [0.25, 0.3) is 0 Å². The third-order valence-corrected chi connectivity index (χ3v) is 4.25. The van der Waals surface area contributed by atoms with Crippen LogP contribution in [-0.2, 0) is 0 Å². The van der Waals surface area contributed by atoms with Gasteiger partial charge in [0.2, 0.25) is 5.95 Å². The monoisotopic (exact) mass is 386 g/mol. The van der Waals surface area contributed by atoms with Crippen molar-refractivity contribution in [3.63, 3.8) is 0 Å². The van der Waals surface area contributed by atoms with Gasteiger partial charge in [0, 0.05) is 27.6 Å². The summed E-state index contributed by atoms with van der Waals surface area (Å²) in [5.74, 6) is 0.858. The van der Waals surface area contributed by atoms with Gasteiger partial charge in [0.25, 0.3) is 0 Å². The van der Waals surface area contributed by atoms with Gasteiger partial charge in [0.15, 0.2) is 0 Å². The van der Waals surface area contributed by atoms with Gasteiger partial charge in [-0.2, -0.15) is 4.98 Å². The Morgan fingerprint density at radius 2 is 1.58 bits per heavy atom. The minimum absolute atomic E-state index is 0.280. The molecule has 0 amide bonds. The molecule has 3 aromatic rings. The van der Waals surface area contributed by atoms with E-state index < -0.39 is 0 Å². The first-order chi connectivity index (χ1) is 11.5. The van der Waals surface area contributed by atoms with Crippen LogP contribution in [0.1, 0.15) is 11.3 Å². The first kappa shape index (κ1) is 16.4. The first-order valence-corrected chi connectivity index (χ1v) is 8.20. The Balaban J connectivity index is 1.82. The van der Waals surface area contributed by atoms with Gasteiger partial charge in [-0.25, -0.2) is 9.37 Å². The SMILES string of the molecule is Cc1cc(Nc2ccc(C)c(Br)c2)nc(Nc2ccc(F)cc2)n1. The van der Waals surface area contributed by atoms with Gasteiger partial charge in [0.1, 0.15) is 11.6 Å². The largest absolute Gasteiger partial charge is 0.340 e. The zero-order chi connectivity index (χ0) is 17.1. The summed E-state index contributed by atoms with van der Waals surface area (Å²) in [6, 6.07) is 13.9. The highest BCUT2D eigenvalue weighted by Crippen LogP contribution is 2.24. The molecule has 0 saturated heterocycles. The zero-order valence-corrected chi connectivity index (χ0v) is 14.9. The highest BCUT2D eigenvalue weighted by atomic mass is 79.9. The first-order valence-electron chi connectivity index (χ1n) is 7.41. The van der Waals surface area contributed by atoms with Gasteiger partial charge < -0.3 is 10.6 Å². The molecule has 0 aliphatic carbocycles. The molecule has 0 aliphatic rings. The Kier molecular flexibility index (Phi) is 4.76. The van der Waals surface area contributed by atoms with Crippen LogP contribution in [-0.4, -0.2) is 9.97 Å². The summed E-state index contributed by atoms with van der Waals surface area (Å²) in [6.07, 6.45) is 0. The van der Waals surface area contributed by atoms with E-state index in [-0.39, 0.29) is 5.82 Å². The summed E-state index contributed by atoms with van der Waals surface area (Å²) in [6.45, 7) is 3.93. The molecule has 0 atom stereocenters. The number of nitrogens with zero attached hydrogens (tertiary/aromatic N) is 2. The van der Waals surface area contributed by atoms with Crippen LogP contribution in [0.5, 0.6) is 0 Å². The minimum Gasteiger partial charge on any atom is -0.340 e. The Morgan fingerprint density at radius 3 is 2.29 bits per heavy atom. The summed E-state index contributed by atoms with van der Waals surface area (Å²) in [5, 5.41) is 6.35. The summed E-state index contributed by atoms with van der Waals surface area (Å²) in [7, 11) is 0. The number of hydrogen-bond donors (Lipinski definition) is 2. The van der Waals surface area contributed by atoms with Gasteiger partial charge in [-0.1, -0.05) is 22.0 Å². The highest BCUT2D eigenvalue weighted by Gasteiger charge is 2.05. The normalized spacial score (nSPS) is 10.5. The third-order valence-electron chi connectivity index (χ3n) is 3.40. The van der Waals surface area contributed by atoms with Crippen LogP contribution < -0.4 is 10.6 Å². The van der Waals surface area contributed by atoms with E-state index in [1.54, 1.807) is 12.1 Å². The number of halogens is 2. The average Bonchev–Trinajstić information content (AvgIpc) is 2.53. The summed E-state index contributed by atoms with van der Waals surface area (Å²) < 4.78 is 14.0. The van der Waals surface area contributed by atoms with Crippen molar-refractivity contribution >= 4 is 39.1 Å². The molecule has 122 valence electrons. The summed E-state index contributed by atoms with van der Waals surface area (Å²) in [5.41, 5.74) is 3.64. The van der Waals surface area contributed by atoms with Gasteiger partial charge in [-0.15, -0.1) is 0 Å². The molecule has 0 radical (unpaired) electrons. The fourth-order valence-corrected chi connectivity index (χ4v) is 2.55. The fraction of sp³-hybridized carbons (Fsp3) is 0.111. The number of benzene rings is 2. The molecule has 1 heterocycles. The molecular weight excluding hydrogens is 371 g/mol. The smallest absolute Gasteiger partial charge is 0.229 e. The van der Waals surface area contributed by atoms with Crippen LogP contribution >= 0.6 is 15.9 Å². The number of aromatic nitrogens is 2. The summed E-state index contributed by atoms with van der Waals surface area (Å²) in [4.78, 5) is 8.82. The molecule has 24 heavy (non-hydrogen) atoms. The number of hydrogen-bond acceptors (Lipinski definition) is 4. The van der Waals surface area contributed by atoms with E-state index in [2.05, 4.69) is 36.5 Å². The van der Waals surface area contributed by atoms with Gasteiger partial charge in [-0.3, -0.25) is 0 Å². The number of rotatable bonds is 4. The lowest BCUT2D eigenvalue weighted by molar-refractivity contribution is 0.628. The zero-order valence-electron chi connectivity index (χ0n) is 13.3. The van der Waals surface area contributed by atoms with Crippen LogP contribution in [0.2, 0.25) is 0 Å². The van der Waals surface area contributed by atoms with Crippen LogP contribution in [0.3, 0.4) is 0 Å². The van der Waals surface area contributed by atoms with E-state index in [0.29, 0.717) is 11.8 Å². The molecule has 2 aromatic carbocycles. The maximum Gasteiger partial charge on any atom is 0.229 e. The minimum atomic E-state index is -0.280. The van der Waals surface area contributed by atoms with Crippen molar-refractivity contribution in [2.75, 3.05) is 10.6 Å². The van der Waals surface area contributed by atoms with Crippen molar-refractivity contribution < 1.29 is 4.39 Å². The topological polar surface area (TPSA) is 49.8 Å². The fourth-order valence-electron chi connectivity index (χ4n) is 2.17. The van der Waals surface area contributed by atoms with Crippen molar-refractivity contribution in [2.45, 2.75) is 13.8 Å². The second-order valence-corrected chi connectivity index (χ2v) is 6.29. The second-order valence-electron chi connectivity index (χ2n) is 5.44. The molecular formula is C18H16BrFN4. The van der Waals surface area contributed by atoms with E-state index in [9.17, 15) is 4.39 Å². The van der Waals surface area contributed by atoms with Crippen molar-refractivity contribution in [1.82, 2.24) is 9.97 Å². The van der Waals surface area contributed by atoms with E-state index in [4.69, 9.17) is 0 Å². The van der Waals surface area contributed by atoms with Crippen molar-refractivity contribution in [1.29, 1.82) is 0 Å². The van der Waals surface area contributed by atoms with Crippen molar-refractivity contribution in [3.05, 3.63) is 70.1 Å². The van der Waals surface area contributed by atoms with E-state index >= 15 is 0 Å². The molecule has 2 N–H and O–H groups in total. The lowest BCUT2D eigenvalue weighted by atomic mass is 10.2. The molecule has 0 aliphatic heterocycles. The van der Waals surface area contributed by atoms with E-state index in [1.165, 1.54) is 12.1 Å². The highest BCUT2D eigenvalue weighted by molar-refractivity contribution is 9.10. The second kappa shape index (κ2) is 6.97. The number of aryl methyl sites for hydroxylation is 2. The van der Waals surface area contributed by atoms with E-state index in [1.807, 2.05) is 38.1 Å². The maximum absolute atomic E-state index is 13.0. The standard InChI is InChI=1S/C18H16BrFN4/c1-11-3-6-15(10-16(11)19)22-17-9-12(2)21-18(24-17)23-14-7-4-13(20)5-8-14/h3-10H,1-2H3,(H2,21,22,23,24). The van der Waals surface area contributed by atoms with Crippen LogP contribution in [0, 0.1) is 19.7 Å². The predicted molar refractivity (Wildman–Crippen MR) is 98.6 cm³/mol. The molecule has 1 aromatic heterocycles. The molecule has 3 rings (SSSR count). The Morgan fingerprint density at radius 1 is 0.875 bits per heavy atom. The molecule has 0 saturated carbocycles. The van der Waals surface area contributed by atoms with Gasteiger partial charge in [0.05, 0.1) is 0 Å². The van der Waals surface area contributed by atoms with Crippen LogP contribution in [0.15, 0.2) is 53.0 Å². The lowest BCUT2D eigenvalue weighted by Crippen LogP contribution is -2.02. The average molecular weight is 387 g/mol. The number of nitrogens with one attached hydrogen (secondary N) is 2. The van der Waals surface area contributed by atoms with Crippen molar-refractivity contribution in [3.8, 4) is 0 Å². The predicted octanol–water partition coefficient (Wildman–Crippen LogP) is 5.48. The maximum atomic E-state index is 13.0. The molecule has 0 spiro atoms. The Bertz CT molecular complexity index is 865. The molecule has 0 fully saturated rings. The number of anilines is 4. The third kappa shape index (κ3) is 4.08. The van der Waals surface area contributed by atoms with Gasteiger partial charge >= 0.3 is 0 Å². The van der Waals surface area contributed by atoms with Gasteiger partial charge in [-0.05, 0) is 55.8 Å². The Labute approximate surface area is 148 Å². The quantitative estimate of drug-likeness (QED) is 0.622. The molecule has 6 heteroatoms. The van der Waals surface area contributed by atoms with Crippen molar-refractivity contribution in [2.24, 2.45) is 0 Å². The molecule has 0 bridgehead atoms.